The summed E-state index contributed by atoms with van der Waals surface area (Å²) in [5, 5.41) is 6.41. The van der Waals surface area contributed by atoms with E-state index in [2.05, 4.69) is 39.2 Å². The summed E-state index contributed by atoms with van der Waals surface area (Å²) in [4.78, 5) is 6.54. The second kappa shape index (κ2) is 10.7. The molecule has 0 saturated heterocycles. The number of alkyl halides is 2. The summed E-state index contributed by atoms with van der Waals surface area (Å²) in [5.41, 5.74) is 0.656. The Morgan fingerprint density at radius 1 is 1.32 bits per heavy atom. The molecule has 8 heteroatoms. The molecule has 2 rings (SSSR count). The van der Waals surface area contributed by atoms with Crippen molar-refractivity contribution in [3.63, 3.8) is 0 Å². The van der Waals surface area contributed by atoms with Gasteiger partial charge in [-0.15, -0.1) is 24.0 Å². The van der Waals surface area contributed by atoms with Gasteiger partial charge in [-0.25, -0.2) is 0 Å². The summed E-state index contributed by atoms with van der Waals surface area (Å²) in [6, 6.07) is 7.84. The van der Waals surface area contributed by atoms with E-state index in [0.717, 1.165) is 6.54 Å². The SMILES string of the molecule is CN=C(NCc1ccccc1OC(F)F)NCC(C)N(C)C1CC1.I. The molecular weight excluding hydrogens is 441 g/mol. The number of nitrogens with zero attached hydrogens (tertiary/aromatic N) is 2. The van der Waals surface area contributed by atoms with Crippen LogP contribution in [0.3, 0.4) is 0 Å². The van der Waals surface area contributed by atoms with Gasteiger partial charge in [0.05, 0.1) is 0 Å². The van der Waals surface area contributed by atoms with Gasteiger partial charge >= 0.3 is 6.61 Å². The van der Waals surface area contributed by atoms with Crippen LogP contribution < -0.4 is 15.4 Å². The van der Waals surface area contributed by atoms with Crippen molar-refractivity contribution in [2.75, 3.05) is 20.6 Å². The van der Waals surface area contributed by atoms with Crippen molar-refractivity contribution in [3.05, 3.63) is 29.8 Å². The maximum atomic E-state index is 12.4. The average Bonchev–Trinajstić information content (AvgIpc) is 3.39. The van der Waals surface area contributed by atoms with Crippen molar-refractivity contribution in [2.24, 2.45) is 4.99 Å². The van der Waals surface area contributed by atoms with Crippen LogP contribution in [0.5, 0.6) is 5.75 Å². The highest BCUT2D eigenvalue weighted by atomic mass is 127. The van der Waals surface area contributed by atoms with Gasteiger partial charge in [0, 0.05) is 37.8 Å². The van der Waals surface area contributed by atoms with E-state index in [1.165, 1.54) is 18.9 Å². The summed E-state index contributed by atoms with van der Waals surface area (Å²) in [7, 11) is 3.82. The molecule has 0 bridgehead atoms. The van der Waals surface area contributed by atoms with E-state index in [1.54, 1.807) is 25.2 Å². The van der Waals surface area contributed by atoms with Crippen molar-refractivity contribution >= 4 is 29.9 Å². The second-order valence-corrected chi connectivity index (χ2v) is 6.04. The first kappa shape index (κ1) is 21.9. The van der Waals surface area contributed by atoms with Crippen LogP contribution in [0.4, 0.5) is 8.78 Å². The minimum atomic E-state index is -2.83. The first-order chi connectivity index (χ1) is 11.5. The topological polar surface area (TPSA) is 48.9 Å². The van der Waals surface area contributed by atoms with Crippen molar-refractivity contribution in [2.45, 2.75) is 45.0 Å². The number of hydrogen-bond donors (Lipinski definition) is 2. The lowest BCUT2D eigenvalue weighted by atomic mass is 10.2. The molecule has 1 fully saturated rings. The van der Waals surface area contributed by atoms with Gasteiger partial charge in [0.15, 0.2) is 5.96 Å². The number of benzene rings is 1. The molecular formula is C17H27F2IN4O. The highest BCUT2D eigenvalue weighted by Crippen LogP contribution is 2.26. The molecule has 0 heterocycles. The molecule has 1 aromatic rings. The molecule has 1 aliphatic rings. The van der Waals surface area contributed by atoms with Crippen LogP contribution in [0.2, 0.25) is 0 Å². The lowest BCUT2D eigenvalue weighted by Crippen LogP contribution is -2.45. The molecule has 1 aromatic carbocycles. The minimum absolute atomic E-state index is 0. The van der Waals surface area contributed by atoms with E-state index in [4.69, 9.17) is 0 Å². The van der Waals surface area contributed by atoms with Gasteiger partial charge in [0.1, 0.15) is 5.75 Å². The molecule has 2 N–H and O–H groups in total. The number of ether oxygens (including phenoxy) is 1. The molecule has 0 amide bonds. The Labute approximate surface area is 165 Å². The number of likely N-dealkylation sites (N-methyl/N-ethyl adjacent to an activating group) is 1. The molecule has 1 saturated carbocycles. The molecule has 1 aliphatic carbocycles. The third-order valence-corrected chi connectivity index (χ3v) is 4.24. The maximum Gasteiger partial charge on any atom is 0.387 e. The van der Waals surface area contributed by atoms with Crippen molar-refractivity contribution < 1.29 is 13.5 Å². The quantitative estimate of drug-likeness (QED) is 0.350. The first-order valence-electron chi connectivity index (χ1n) is 8.20. The van der Waals surface area contributed by atoms with Crippen molar-refractivity contribution in [3.8, 4) is 5.75 Å². The summed E-state index contributed by atoms with van der Waals surface area (Å²) in [5.74, 6) is 0.815. The molecule has 1 unspecified atom stereocenters. The molecule has 25 heavy (non-hydrogen) atoms. The van der Waals surface area contributed by atoms with Crippen LogP contribution in [0.1, 0.15) is 25.3 Å². The first-order valence-corrected chi connectivity index (χ1v) is 8.20. The highest BCUT2D eigenvalue weighted by Gasteiger charge is 2.28. The van der Waals surface area contributed by atoms with E-state index in [-0.39, 0.29) is 29.7 Å². The van der Waals surface area contributed by atoms with Gasteiger partial charge in [0.25, 0.3) is 0 Å². The number of hydrogen-bond acceptors (Lipinski definition) is 3. The summed E-state index contributed by atoms with van der Waals surface area (Å²) in [6.07, 6.45) is 2.55. The predicted octanol–water partition coefficient (Wildman–Crippen LogP) is 3.05. The van der Waals surface area contributed by atoms with E-state index < -0.39 is 6.61 Å². The Bertz CT molecular complexity index is 555. The number of guanidine groups is 1. The zero-order chi connectivity index (χ0) is 17.5. The van der Waals surface area contributed by atoms with E-state index in [0.29, 0.717) is 30.2 Å². The lowest BCUT2D eigenvalue weighted by molar-refractivity contribution is -0.0504. The van der Waals surface area contributed by atoms with Crippen LogP contribution in [0, 0.1) is 0 Å². The fraction of sp³-hybridized carbons (Fsp3) is 0.588. The normalized spacial score (nSPS) is 15.7. The monoisotopic (exact) mass is 468 g/mol. The summed E-state index contributed by atoms with van der Waals surface area (Å²) in [6.45, 7) is 0.462. The van der Waals surface area contributed by atoms with E-state index >= 15 is 0 Å². The standard InChI is InChI=1S/C17H26F2N4O.HI/c1-12(23(3)14-8-9-14)10-21-17(20-2)22-11-13-6-4-5-7-15(13)24-16(18)19;/h4-7,12,14,16H,8-11H2,1-3H3,(H2,20,21,22);1H. The number of halogens is 3. The number of rotatable bonds is 8. The number of aliphatic imine (C=N–C) groups is 1. The largest absolute Gasteiger partial charge is 0.434 e. The Balaban J connectivity index is 0.00000312. The smallest absolute Gasteiger partial charge is 0.387 e. The van der Waals surface area contributed by atoms with Crippen LogP contribution in [0.25, 0.3) is 0 Å². The Kier molecular flexibility index (Phi) is 9.41. The third-order valence-electron chi connectivity index (χ3n) is 4.24. The minimum Gasteiger partial charge on any atom is -0.434 e. The second-order valence-electron chi connectivity index (χ2n) is 6.04. The van der Waals surface area contributed by atoms with Gasteiger partial charge < -0.3 is 15.4 Å². The summed E-state index contributed by atoms with van der Waals surface area (Å²) < 4.78 is 29.4. The molecule has 5 nitrogen and oxygen atoms in total. The van der Waals surface area contributed by atoms with Gasteiger partial charge in [0.2, 0.25) is 0 Å². The Morgan fingerprint density at radius 3 is 2.60 bits per heavy atom. The summed E-state index contributed by atoms with van der Waals surface area (Å²) >= 11 is 0. The van der Waals surface area contributed by atoms with Crippen molar-refractivity contribution in [1.29, 1.82) is 0 Å². The maximum absolute atomic E-state index is 12.4. The van der Waals surface area contributed by atoms with Crippen LogP contribution >= 0.6 is 24.0 Å². The zero-order valence-corrected chi connectivity index (χ0v) is 17.2. The van der Waals surface area contributed by atoms with E-state index in [9.17, 15) is 8.78 Å². The average molecular weight is 468 g/mol. The molecule has 1 atom stereocenters. The zero-order valence-electron chi connectivity index (χ0n) is 14.8. The third kappa shape index (κ3) is 7.31. The van der Waals surface area contributed by atoms with Crippen molar-refractivity contribution in [1.82, 2.24) is 15.5 Å². The molecule has 0 aromatic heterocycles. The fourth-order valence-corrected chi connectivity index (χ4v) is 2.49. The predicted molar refractivity (Wildman–Crippen MR) is 107 cm³/mol. The van der Waals surface area contributed by atoms with Gasteiger partial charge in [-0.2, -0.15) is 8.78 Å². The lowest BCUT2D eigenvalue weighted by Gasteiger charge is -2.25. The highest BCUT2D eigenvalue weighted by molar-refractivity contribution is 14.0. The number of nitrogens with one attached hydrogen (secondary N) is 2. The number of para-hydroxylation sites is 1. The Hall–Kier alpha value is -1.16. The van der Waals surface area contributed by atoms with Crippen LogP contribution in [-0.4, -0.2) is 50.2 Å². The molecule has 0 spiro atoms. The van der Waals surface area contributed by atoms with Gasteiger partial charge in [-0.3, -0.25) is 9.89 Å². The molecule has 142 valence electrons. The Morgan fingerprint density at radius 2 is 2.00 bits per heavy atom. The van der Waals surface area contributed by atoms with Crippen LogP contribution in [0.15, 0.2) is 29.3 Å². The molecule has 0 aliphatic heterocycles. The van der Waals surface area contributed by atoms with E-state index in [1.807, 2.05) is 0 Å². The molecule has 0 radical (unpaired) electrons. The fourth-order valence-electron chi connectivity index (χ4n) is 2.49. The van der Waals surface area contributed by atoms with Crippen LogP contribution in [-0.2, 0) is 6.54 Å². The van der Waals surface area contributed by atoms with Gasteiger partial charge in [-0.1, -0.05) is 18.2 Å². The van der Waals surface area contributed by atoms with Gasteiger partial charge in [-0.05, 0) is 32.9 Å².